The number of carbonyl (C=O) groups excluding carboxylic acids is 1. The quantitative estimate of drug-likeness (QED) is 0.563. The molecule has 146 valence electrons. The number of hydrogen-bond donors (Lipinski definition) is 1. The van der Waals surface area contributed by atoms with Crippen LogP contribution in [0.2, 0.25) is 0 Å². The number of carbonyl (C=O) groups is 1. The number of hydrogen-bond acceptors (Lipinski definition) is 6. The fourth-order valence-electron chi connectivity index (χ4n) is 2.95. The Kier molecular flexibility index (Phi) is 4.90. The number of aromatic nitrogens is 4. The van der Waals surface area contributed by atoms with E-state index in [9.17, 15) is 9.59 Å². The summed E-state index contributed by atoms with van der Waals surface area (Å²) >= 11 is 0. The Balaban J connectivity index is 1.46. The zero-order valence-electron chi connectivity index (χ0n) is 16.0. The van der Waals surface area contributed by atoms with Gasteiger partial charge in [0.25, 0.3) is 5.56 Å². The highest BCUT2D eigenvalue weighted by Crippen LogP contribution is 2.19. The minimum Gasteiger partial charge on any atom is -0.343 e. The third-order valence-electron chi connectivity index (χ3n) is 4.54. The summed E-state index contributed by atoms with van der Waals surface area (Å²) in [5, 5.41) is 7.21. The van der Waals surface area contributed by atoms with Crippen molar-refractivity contribution in [3.63, 3.8) is 0 Å². The molecule has 0 unspecified atom stereocenters. The molecule has 1 atom stereocenters. The summed E-state index contributed by atoms with van der Waals surface area (Å²) in [5.41, 5.74) is 2.30. The Labute approximate surface area is 166 Å². The van der Waals surface area contributed by atoms with E-state index in [1.54, 1.807) is 25.1 Å². The molecule has 0 spiro atoms. The maximum atomic E-state index is 12.5. The first kappa shape index (κ1) is 18.5. The molecule has 4 rings (SSSR count). The second-order valence-corrected chi connectivity index (χ2v) is 6.81. The zero-order valence-corrected chi connectivity index (χ0v) is 16.0. The Morgan fingerprint density at radius 3 is 2.72 bits per heavy atom. The van der Waals surface area contributed by atoms with Gasteiger partial charge in [0.1, 0.15) is 12.6 Å². The number of amides is 1. The van der Waals surface area contributed by atoms with Crippen LogP contribution in [0.4, 0.5) is 0 Å². The van der Waals surface area contributed by atoms with Gasteiger partial charge in [-0.05, 0) is 26.0 Å². The van der Waals surface area contributed by atoms with Gasteiger partial charge in [0.15, 0.2) is 0 Å². The summed E-state index contributed by atoms with van der Waals surface area (Å²) in [5.74, 6) is 0.390. The molecule has 0 saturated heterocycles. The SMILES string of the molecule is Cc1ccc(-c2noc([C@H](C)NC(=O)Cn3cnc4ccccc4c3=O)n2)cc1. The van der Waals surface area contributed by atoms with Crippen LogP contribution in [-0.4, -0.2) is 25.6 Å². The summed E-state index contributed by atoms with van der Waals surface area (Å²) < 4.78 is 6.56. The highest BCUT2D eigenvalue weighted by atomic mass is 16.5. The van der Waals surface area contributed by atoms with Gasteiger partial charge in [0.2, 0.25) is 17.6 Å². The van der Waals surface area contributed by atoms with Gasteiger partial charge in [-0.25, -0.2) is 4.98 Å². The van der Waals surface area contributed by atoms with Crippen molar-refractivity contribution in [1.82, 2.24) is 25.0 Å². The van der Waals surface area contributed by atoms with Crippen molar-refractivity contribution >= 4 is 16.8 Å². The highest BCUT2D eigenvalue weighted by molar-refractivity contribution is 5.79. The molecule has 0 aliphatic carbocycles. The Morgan fingerprint density at radius 1 is 1.17 bits per heavy atom. The van der Waals surface area contributed by atoms with Gasteiger partial charge in [-0.2, -0.15) is 4.98 Å². The van der Waals surface area contributed by atoms with Crippen molar-refractivity contribution in [2.75, 3.05) is 0 Å². The van der Waals surface area contributed by atoms with Crippen LogP contribution in [0, 0.1) is 6.92 Å². The van der Waals surface area contributed by atoms with E-state index < -0.39 is 6.04 Å². The van der Waals surface area contributed by atoms with E-state index in [0.29, 0.717) is 16.7 Å². The fraction of sp³-hybridized carbons (Fsp3) is 0.190. The van der Waals surface area contributed by atoms with Crippen LogP contribution in [0.25, 0.3) is 22.3 Å². The van der Waals surface area contributed by atoms with Gasteiger partial charge in [-0.15, -0.1) is 0 Å². The molecule has 2 aromatic heterocycles. The number of nitrogens with zero attached hydrogens (tertiary/aromatic N) is 4. The van der Waals surface area contributed by atoms with Crippen LogP contribution in [0.1, 0.15) is 24.4 Å². The average Bonchev–Trinajstić information content (AvgIpc) is 3.21. The van der Waals surface area contributed by atoms with E-state index >= 15 is 0 Å². The molecule has 0 radical (unpaired) electrons. The lowest BCUT2D eigenvalue weighted by Crippen LogP contribution is -2.34. The Morgan fingerprint density at radius 2 is 1.93 bits per heavy atom. The molecule has 0 aliphatic rings. The molecule has 1 amide bonds. The first-order chi connectivity index (χ1) is 14.0. The fourth-order valence-corrected chi connectivity index (χ4v) is 2.95. The lowest BCUT2D eigenvalue weighted by Gasteiger charge is -2.11. The number of benzene rings is 2. The minimum absolute atomic E-state index is 0.153. The number of rotatable bonds is 5. The van der Waals surface area contributed by atoms with Crippen LogP contribution >= 0.6 is 0 Å². The van der Waals surface area contributed by atoms with Crippen molar-refractivity contribution < 1.29 is 9.32 Å². The first-order valence-corrected chi connectivity index (χ1v) is 9.15. The maximum absolute atomic E-state index is 12.5. The van der Waals surface area contributed by atoms with E-state index in [1.807, 2.05) is 37.3 Å². The van der Waals surface area contributed by atoms with E-state index in [4.69, 9.17) is 4.52 Å². The van der Waals surface area contributed by atoms with E-state index in [0.717, 1.165) is 11.1 Å². The van der Waals surface area contributed by atoms with Crippen LogP contribution in [0.3, 0.4) is 0 Å². The number of nitrogens with one attached hydrogen (secondary N) is 1. The Hall–Kier alpha value is -3.81. The molecule has 1 N–H and O–H groups in total. The van der Waals surface area contributed by atoms with E-state index in [1.165, 1.54) is 10.9 Å². The van der Waals surface area contributed by atoms with E-state index in [-0.39, 0.29) is 23.9 Å². The lowest BCUT2D eigenvalue weighted by atomic mass is 10.1. The van der Waals surface area contributed by atoms with E-state index in [2.05, 4.69) is 20.4 Å². The summed E-state index contributed by atoms with van der Waals surface area (Å²) in [6.07, 6.45) is 1.37. The topological polar surface area (TPSA) is 103 Å². The summed E-state index contributed by atoms with van der Waals surface area (Å²) in [6.45, 7) is 3.59. The van der Waals surface area contributed by atoms with Crippen molar-refractivity contribution in [1.29, 1.82) is 0 Å². The van der Waals surface area contributed by atoms with Gasteiger partial charge < -0.3 is 9.84 Å². The third-order valence-corrected chi connectivity index (χ3v) is 4.54. The smallest absolute Gasteiger partial charge is 0.261 e. The number of para-hydroxylation sites is 1. The van der Waals surface area contributed by atoms with Crippen LogP contribution in [0.15, 0.2) is 64.2 Å². The molecule has 0 aliphatic heterocycles. The predicted molar refractivity (Wildman–Crippen MR) is 107 cm³/mol. The number of fused-ring (bicyclic) bond motifs is 1. The minimum atomic E-state index is -0.502. The van der Waals surface area contributed by atoms with Gasteiger partial charge in [-0.1, -0.05) is 47.1 Å². The van der Waals surface area contributed by atoms with Crippen molar-refractivity contribution in [3.05, 3.63) is 76.7 Å². The van der Waals surface area contributed by atoms with Crippen LogP contribution in [0.5, 0.6) is 0 Å². The summed E-state index contributed by atoms with van der Waals surface area (Å²) in [4.78, 5) is 33.5. The molecule has 4 aromatic rings. The van der Waals surface area contributed by atoms with Crippen LogP contribution < -0.4 is 10.9 Å². The molecule has 0 saturated carbocycles. The monoisotopic (exact) mass is 389 g/mol. The zero-order chi connectivity index (χ0) is 20.4. The normalized spacial score (nSPS) is 12.1. The molecule has 2 aromatic carbocycles. The van der Waals surface area contributed by atoms with Gasteiger partial charge >= 0.3 is 0 Å². The second-order valence-electron chi connectivity index (χ2n) is 6.81. The molecular formula is C21H19N5O3. The molecule has 8 nitrogen and oxygen atoms in total. The van der Waals surface area contributed by atoms with Gasteiger partial charge in [0, 0.05) is 5.56 Å². The van der Waals surface area contributed by atoms with Crippen molar-refractivity contribution in [2.24, 2.45) is 0 Å². The third kappa shape index (κ3) is 3.91. The molecule has 29 heavy (non-hydrogen) atoms. The molecule has 8 heteroatoms. The lowest BCUT2D eigenvalue weighted by molar-refractivity contribution is -0.122. The summed E-state index contributed by atoms with van der Waals surface area (Å²) in [7, 11) is 0. The average molecular weight is 389 g/mol. The highest BCUT2D eigenvalue weighted by Gasteiger charge is 2.18. The predicted octanol–water partition coefficient (Wildman–Crippen LogP) is 2.63. The van der Waals surface area contributed by atoms with Crippen molar-refractivity contribution in [3.8, 4) is 11.4 Å². The van der Waals surface area contributed by atoms with Gasteiger partial charge in [0.05, 0.1) is 17.2 Å². The molecule has 0 fully saturated rings. The Bertz CT molecular complexity index is 1230. The maximum Gasteiger partial charge on any atom is 0.261 e. The largest absolute Gasteiger partial charge is 0.343 e. The van der Waals surface area contributed by atoms with Gasteiger partial charge in [-0.3, -0.25) is 14.2 Å². The summed E-state index contributed by atoms with van der Waals surface area (Å²) in [6, 6.07) is 14.3. The second kappa shape index (κ2) is 7.67. The molecule has 2 heterocycles. The standard InChI is InChI=1S/C21H19N5O3/c1-13-7-9-15(10-8-13)19-24-20(29-25-19)14(2)23-18(27)11-26-12-22-17-6-4-3-5-16(17)21(26)28/h3-10,12,14H,11H2,1-2H3,(H,23,27)/t14-/m0/s1. The number of aryl methyl sites for hydroxylation is 1. The molecule has 0 bridgehead atoms. The van der Waals surface area contributed by atoms with Crippen molar-refractivity contribution in [2.45, 2.75) is 26.4 Å². The molecular weight excluding hydrogens is 370 g/mol. The van der Waals surface area contributed by atoms with Crippen LogP contribution in [-0.2, 0) is 11.3 Å². The first-order valence-electron chi connectivity index (χ1n) is 9.15.